The van der Waals surface area contributed by atoms with Crippen molar-refractivity contribution in [1.82, 2.24) is 24.8 Å². The lowest BCUT2D eigenvalue weighted by molar-refractivity contribution is -0.139. The zero-order valence-corrected chi connectivity index (χ0v) is 11.4. The molecule has 0 radical (unpaired) electrons. The Morgan fingerprint density at radius 1 is 1.14 bits per heavy atom. The SMILES string of the molecule is O=C(Cc1ncccn1)N1CCOCC1c1ncccn1. The number of ether oxygens (including phenoxy) is 1. The molecule has 0 N–H and O–H groups in total. The maximum Gasteiger partial charge on any atom is 0.231 e. The lowest BCUT2D eigenvalue weighted by atomic mass is 10.2. The lowest BCUT2D eigenvalue weighted by Crippen LogP contribution is -2.44. The maximum atomic E-state index is 12.5. The normalized spacial score (nSPS) is 18.5. The monoisotopic (exact) mass is 285 g/mol. The van der Waals surface area contributed by atoms with E-state index in [0.29, 0.717) is 31.4 Å². The highest BCUT2D eigenvalue weighted by Gasteiger charge is 2.30. The van der Waals surface area contributed by atoms with Crippen LogP contribution in [0.5, 0.6) is 0 Å². The summed E-state index contributed by atoms with van der Waals surface area (Å²) in [6, 6.07) is 3.22. The third-order valence-corrected chi connectivity index (χ3v) is 3.26. The molecule has 1 unspecified atom stereocenters. The molecule has 0 bridgehead atoms. The number of hydrogen-bond donors (Lipinski definition) is 0. The Balaban J connectivity index is 1.76. The molecule has 1 aliphatic heterocycles. The molecule has 108 valence electrons. The molecule has 1 saturated heterocycles. The van der Waals surface area contributed by atoms with E-state index < -0.39 is 0 Å². The number of aromatic nitrogens is 4. The van der Waals surface area contributed by atoms with Crippen molar-refractivity contribution in [3.63, 3.8) is 0 Å². The summed E-state index contributed by atoms with van der Waals surface area (Å²) < 4.78 is 5.46. The molecular weight excluding hydrogens is 270 g/mol. The Morgan fingerprint density at radius 2 is 1.81 bits per heavy atom. The van der Waals surface area contributed by atoms with Gasteiger partial charge in [0.05, 0.1) is 19.6 Å². The number of amides is 1. The van der Waals surface area contributed by atoms with Gasteiger partial charge < -0.3 is 9.64 Å². The van der Waals surface area contributed by atoms with Gasteiger partial charge in [-0.1, -0.05) is 0 Å². The smallest absolute Gasteiger partial charge is 0.231 e. The average molecular weight is 285 g/mol. The molecule has 0 aromatic carbocycles. The van der Waals surface area contributed by atoms with Gasteiger partial charge in [0, 0.05) is 31.3 Å². The number of carbonyl (C=O) groups is 1. The van der Waals surface area contributed by atoms with Gasteiger partial charge in [-0.05, 0) is 12.1 Å². The third kappa shape index (κ3) is 3.19. The third-order valence-electron chi connectivity index (χ3n) is 3.26. The first-order chi connectivity index (χ1) is 10.3. The molecule has 0 spiro atoms. The molecule has 3 rings (SSSR count). The molecule has 0 saturated carbocycles. The summed E-state index contributed by atoms with van der Waals surface area (Å²) in [5, 5.41) is 0. The van der Waals surface area contributed by atoms with Crippen LogP contribution >= 0.6 is 0 Å². The van der Waals surface area contributed by atoms with E-state index in [9.17, 15) is 4.79 Å². The minimum Gasteiger partial charge on any atom is -0.377 e. The van der Waals surface area contributed by atoms with Crippen molar-refractivity contribution in [2.24, 2.45) is 0 Å². The maximum absolute atomic E-state index is 12.5. The van der Waals surface area contributed by atoms with Crippen LogP contribution in [0.25, 0.3) is 0 Å². The van der Waals surface area contributed by atoms with Crippen molar-refractivity contribution in [3.05, 3.63) is 48.6 Å². The summed E-state index contributed by atoms with van der Waals surface area (Å²) in [6.07, 6.45) is 6.77. The fourth-order valence-electron chi connectivity index (χ4n) is 2.26. The summed E-state index contributed by atoms with van der Waals surface area (Å²) in [7, 11) is 0. The molecule has 21 heavy (non-hydrogen) atoms. The Morgan fingerprint density at radius 3 is 2.52 bits per heavy atom. The number of hydrogen-bond acceptors (Lipinski definition) is 6. The Bertz CT molecular complexity index is 593. The van der Waals surface area contributed by atoms with Crippen LogP contribution in [-0.2, 0) is 16.0 Å². The molecule has 7 nitrogen and oxygen atoms in total. The van der Waals surface area contributed by atoms with Crippen molar-refractivity contribution in [3.8, 4) is 0 Å². The van der Waals surface area contributed by atoms with E-state index in [1.165, 1.54) is 0 Å². The van der Waals surface area contributed by atoms with E-state index >= 15 is 0 Å². The second-order valence-electron chi connectivity index (χ2n) is 4.63. The lowest BCUT2D eigenvalue weighted by Gasteiger charge is -2.34. The Labute approximate surface area is 122 Å². The molecule has 3 heterocycles. The minimum atomic E-state index is -0.254. The molecule has 0 aliphatic carbocycles. The van der Waals surface area contributed by atoms with Crippen LogP contribution < -0.4 is 0 Å². The molecule has 2 aromatic rings. The van der Waals surface area contributed by atoms with Gasteiger partial charge in [-0.2, -0.15) is 0 Å². The number of nitrogens with zero attached hydrogens (tertiary/aromatic N) is 5. The second kappa shape index (κ2) is 6.36. The van der Waals surface area contributed by atoms with Crippen LogP contribution in [0.1, 0.15) is 17.7 Å². The molecule has 1 amide bonds. The highest BCUT2D eigenvalue weighted by atomic mass is 16.5. The van der Waals surface area contributed by atoms with E-state index in [0.717, 1.165) is 0 Å². The van der Waals surface area contributed by atoms with Crippen molar-refractivity contribution in [1.29, 1.82) is 0 Å². The number of morpholine rings is 1. The van der Waals surface area contributed by atoms with Crippen LogP contribution in [0.2, 0.25) is 0 Å². The summed E-state index contributed by atoms with van der Waals surface area (Å²) in [6.45, 7) is 1.45. The van der Waals surface area contributed by atoms with E-state index in [-0.39, 0.29) is 18.4 Å². The van der Waals surface area contributed by atoms with Gasteiger partial charge >= 0.3 is 0 Å². The fraction of sp³-hybridized carbons (Fsp3) is 0.357. The van der Waals surface area contributed by atoms with Crippen molar-refractivity contribution in [2.75, 3.05) is 19.8 Å². The van der Waals surface area contributed by atoms with E-state index in [1.807, 2.05) is 0 Å². The molecule has 1 fully saturated rings. The first kappa shape index (κ1) is 13.6. The fourth-order valence-corrected chi connectivity index (χ4v) is 2.26. The number of rotatable bonds is 3. The minimum absolute atomic E-state index is 0.0399. The van der Waals surface area contributed by atoms with Crippen LogP contribution in [0.3, 0.4) is 0 Å². The molecule has 1 aliphatic rings. The van der Waals surface area contributed by atoms with Gasteiger partial charge in [0.2, 0.25) is 5.91 Å². The second-order valence-corrected chi connectivity index (χ2v) is 4.63. The zero-order chi connectivity index (χ0) is 14.5. The van der Waals surface area contributed by atoms with Crippen LogP contribution in [-0.4, -0.2) is 50.5 Å². The first-order valence-corrected chi connectivity index (χ1v) is 6.74. The Kier molecular flexibility index (Phi) is 4.11. The highest BCUT2D eigenvalue weighted by Crippen LogP contribution is 2.21. The van der Waals surface area contributed by atoms with E-state index in [4.69, 9.17) is 4.74 Å². The average Bonchev–Trinajstić information content (AvgIpc) is 2.56. The summed E-state index contributed by atoms with van der Waals surface area (Å²) >= 11 is 0. The molecule has 7 heteroatoms. The molecule has 1 atom stereocenters. The zero-order valence-electron chi connectivity index (χ0n) is 11.4. The van der Waals surface area contributed by atoms with Crippen LogP contribution in [0.4, 0.5) is 0 Å². The van der Waals surface area contributed by atoms with Crippen molar-refractivity contribution >= 4 is 5.91 Å². The topological polar surface area (TPSA) is 81.1 Å². The van der Waals surface area contributed by atoms with E-state index in [2.05, 4.69) is 19.9 Å². The van der Waals surface area contributed by atoms with Crippen LogP contribution in [0.15, 0.2) is 36.9 Å². The van der Waals surface area contributed by atoms with Gasteiger partial charge in [-0.15, -0.1) is 0 Å². The van der Waals surface area contributed by atoms with Crippen LogP contribution in [0, 0.1) is 0 Å². The predicted molar refractivity (Wildman–Crippen MR) is 73.0 cm³/mol. The summed E-state index contributed by atoms with van der Waals surface area (Å²) in [4.78, 5) is 30.9. The van der Waals surface area contributed by atoms with Crippen molar-refractivity contribution < 1.29 is 9.53 Å². The molecular formula is C14H15N5O2. The largest absolute Gasteiger partial charge is 0.377 e. The predicted octanol–water partition coefficient (Wildman–Crippen LogP) is 0.409. The Hall–Kier alpha value is -2.41. The quantitative estimate of drug-likeness (QED) is 0.812. The van der Waals surface area contributed by atoms with Gasteiger partial charge in [0.15, 0.2) is 5.82 Å². The standard InChI is InChI=1S/C14H15N5O2/c20-13(9-12-15-3-1-4-16-12)19-7-8-21-10-11(19)14-17-5-2-6-18-14/h1-6,11H,7-10H2. The summed E-state index contributed by atoms with van der Waals surface area (Å²) in [5.74, 6) is 1.07. The highest BCUT2D eigenvalue weighted by molar-refractivity contribution is 5.78. The van der Waals surface area contributed by atoms with Gasteiger partial charge in [-0.3, -0.25) is 4.79 Å². The first-order valence-electron chi connectivity index (χ1n) is 6.74. The van der Waals surface area contributed by atoms with Gasteiger partial charge in [-0.25, -0.2) is 19.9 Å². The van der Waals surface area contributed by atoms with Gasteiger partial charge in [0.1, 0.15) is 11.9 Å². The van der Waals surface area contributed by atoms with Crippen molar-refractivity contribution in [2.45, 2.75) is 12.5 Å². The summed E-state index contributed by atoms with van der Waals surface area (Å²) in [5.41, 5.74) is 0. The number of carbonyl (C=O) groups excluding carboxylic acids is 1. The van der Waals surface area contributed by atoms with Gasteiger partial charge in [0.25, 0.3) is 0 Å². The van der Waals surface area contributed by atoms with E-state index in [1.54, 1.807) is 41.8 Å². The molecule has 2 aromatic heterocycles.